The van der Waals surface area contributed by atoms with Crippen molar-refractivity contribution in [2.45, 2.75) is 44.3 Å². The van der Waals surface area contributed by atoms with Crippen LogP contribution in [0.1, 0.15) is 42.0 Å². The molecule has 0 aliphatic carbocycles. The monoisotopic (exact) mass is 239 g/mol. The van der Waals surface area contributed by atoms with Gasteiger partial charge in [0.05, 0.1) is 11.3 Å². The van der Waals surface area contributed by atoms with Crippen molar-refractivity contribution in [1.82, 2.24) is 4.98 Å². The highest BCUT2D eigenvalue weighted by Gasteiger charge is 2.17. The maximum atomic E-state index is 11.2. The first-order valence-electron chi connectivity index (χ1n) is 5.33. The molecule has 16 heavy (non-hydrogen) atoms. The van der Waals surface area contributed by atoms with E-state index in [0.29, 0.717) is 16.5 Å². The number of hydrogen-bond donors (Lipinski definition) is 1. The number of rotatable bonds is 4. The smallest absolute Gasteiger partial charge is 0.338 e. The van der Waals surface area contributed by atoms with Crippen molar-refractivity contribution in [3.63, 3.8) is 0 Å². The van der Waals surface area contributed by atoms with Gasteiger partial charge in [0.25, 0.3) is 0 Å². The average Bonchev–Trinajstić information content (AvgIpc) is 2.15. The van der Waals surface area contributed by atoms with Gasteiger partial charge in [-0.15, -0.1) is 11.8 Å². The molecule has 0 aromatic carbocycles. The summed E-state index contributed by atoms with van der Waals surface area (Å²) in [6.07, 6.45) is 1.02. The molecule has 4 heteroatoms. The Morgan fingerprint density at radius 3 is 2.69 bits per heavy atom. The van der Waals surface area contributed by atoms with E-state index in [0.717, 1.165) is 17.0 Å². The number of pyridine rings is 1. The van der Waals surface area contributed by atoms with E-state index in [1.807, 2.05) is 13.0 Å². The second kappa shape index (κ2) is 5.34. The molecule has 1 N–H and O–H groups in total. The van der Waals surface area contributed by atoms with E-state index in [2.05, 4.69) is 18.8 Å². The van der Waals surface area contributed by atoms with Crippen molar-refractivity contribution in [2.24, 2.45) is 0 Å². The van der Waals surface area contributed by atoms with Gasteiger partial charge in [0, 0.05) is 15.8 Å². The minimum atomic E-state index is -0.893. The molecule has 1 unspecified atom stereocenters. The van der Waals surface area contributed by atoms with Gasteiger partial charge in [0.2, 0.25) is 0 Å². The molecule has 0 aliphatic heterocycles. The SMILES string of the molecule is CCC(C)Sc1cc(C)nc(C)c1C(=O)O. The zero-order valence-corrected chi connectivity index (χ0v) is 10.9. The van der Waals surface area contributed by atoms with Crippen LogP contribution in [0.15, 0.2) is 11.0 Å². The van der Waals surface area contributed by atoms with E-state index >= 15 is 0 Å². The predicted molar refractivity (Wildman–Crippen MR) is 66.3 cm³/mol. The molecule has 0 amide bonds. The van der Waals surface area contributed by atoms with Crippen molar-refractivity contribution in [1.29, 1.82) is 0 Å². The first kappa shape index (κ1) is 13.0. The van der Waals surface area contributed by atoms with Gasteiger partial charge in [-0.3, -0.25) is 4.98 Å². The number of carboxylic acid groups (broad SMARTS) is 1. The number of hydrogen-bond acceptors (Lipinski definition) is 3. The molecule has 0 radical (unpaired) electrons. The Morgan fingerprint density at radius 1 is 1.56 bits per heavy atom. The summed E-state index contributed by atoms with van der Waals surface area (Å²) in [6.45, 7) is 7.83. The van der Waals surface area contributed by atoms with E-state index in [4.69, 9.17) is 5.11 Å². The summed E-state index contributed by atoms with van der Waals surface area (Å²) in [5.74, 6) is -0.893. The standard InChI is InChI=1S/C12H17NO2S/c1-5-8(3)16-10-6-7(2)13-9(4)11(10)12(14)15/h6,8H,5H2,1-4H3,(H,14,15). The highest BCUT2D eigenvalue weighted by molar-refractivity contribution is 8.00. The molecular weight excluding hydrogens is 222 g/mol. The fourth-order valence-electron chi connectivity index (χ4n) is 1.45. The maximum absolute atomic E-state index is 11.2. The van der Waals surface area contributed by atoms with Crippen LogP contribution in [-0.2, 0) is 0 Å². The second-order valence-electron chi connectivity index (χ2n) is 3.86. The lowest BCUT2D eigenvalue weighted by molar-refractivity contribution is 0.0691. The highest BCUT2D eigenvalue weighted by atomic mass is 32.2. The number of thioether (sulfide) groups is 1. The van der Waals surface area contributed by atoms with Gasteiger partial charge in [-0.2, -0.15) is 0 Å². The third-order valence-corrected chi connectivity index (χ3v) is 3.72. The van der Waals surface area contributed by atoms with Gasteiger partial charge >= 0.3 is 5.97 Å². The van der Waals surface area contributed by atoms with E-state index in [1.165, 1.54) is 0 Å². The van der Waals surface area contributed by atoms with Crippen LogP contribution in [-0.4, -0.2) is 21.3 Å². The first-order chi connectivity index (χ1) is 7.45. The summed E-state index contributed by atoms with van der Waals surface area (Å²) in [5.41, 5.74) is 1.81. The zero-order valence-electron chi connectivity index (χ0n) is 10.1. The van der Waals surface area contributed by atoms with E-state index in [1.54, 1.807) is 18.7 Å². The van der Waals surface area contributed by atoms with E-state index in [-0.39, 0.29) is 0 Å². The number of aryl methyl sites for hydroxylation is 2. The normalized spacial score (nSPS) is 12.5. The Balaban J connectivity index is 3.19. The van der Waals surface area contributed by atoms with Crippen molar-refractivity contribution in [3.8, 4) is 0 Å². The molecule has 1 atom stereocenters. The lowest BCUT2D eigenvalue weighted by Crippen LogP contribution is -2.07. The van der Waals surface area contributed by atoms with Crippen LogP contribution in [0.5, 0.6) is 0 Å². The molecule has 3 nitrogen and oxygen atoms in total. The van der Waals surface area contributed by atoms with Crippen LogP contribution in [0.2, 0.25) is 0 Å². The van der Waals surface area contributed by atoms with Gasteiger partial charge in [0.1, 0.15) is 0 Å². The molecule has 0 aliphatic rings. The van der Waals surface area contributed by atoms with Crippen LogP contribution in [0, 0.1) is 13.8 Å². The minimum absolute atomic E-state index is 0.343. The van der Waals surface area contributed by atoms with Crippen molar-refractivity contribution in [3.05, 3.63) is 23.0 Å². The molecule has 1 aromatic heterocycles. The van der Waals surface area contributed by atoms with Crippen molar-refractivity contribution >= 4 is 17.7 Å². The Bertz CT molecular complexity index is 404. The zero-order chi connectivity index (χ0) is 12.3. The first-order valence-corrected chi connectivity index (χ1v) is 6.21. The number of nitrogens with zero attached hydrogens (tertiary/aromatic N) is 1. The van der Waals surface area contributed by atoms with E-state index in [9.17, 15) is 4.79 Å². The molecular formula is C12H17NO2S. The summed E-state index contributed by atoms with van der Waals surface area (Å²) in [7, 11) is 0. The third kappa shape index (κ3) is 2.98. The van der Waals surface area contributed by atoms with Crippen LogP contribution in [0.3, 0.4) is 0 Å². The lowest BCUT2D eigenvalue weighted by Gasteiger charge is -2.13. The Hall–Kier alpha value is -1.03. The molecule has 1 rings (SSSR count). The fraction of sp³-hybridized carbons (Fsp3) is 0.500. The molecule has 0 fully saturated rings. The molecule has 1 aromatic rings. The number of aromatic nitrogens is 1. The average molecular weight is 239 g/mol. The summed E-state index contributed by atoms with van der Waals surface area (Å²) in [6, 6.07) is 1.85. The molecule has 0 saturated heterocycles. The molecule has 1 heterocycles. The third-order valence-electron chi connectivity index (χ3n) is 2.41. The van der Waals surface area contributed by atoms with Crippen LogP contribution in [0.25, 0.3) is 0 Å². The second-order valence-corrected chi connectivity index (χ2v) is 5.34. The Labute approximate surface area is 100 Å². The van der Waals surface area contributed by atoms with Crippen molar-refractivity contribution in [2.75, 3.05) is 0 Å². The Kier molecular flexibility index (Phi) is 4.35. The highest BCUT2D eigenvalue weighted by Crippen LogP contribution is 2.30. The molecule has 0 saturated carbocycles. The molecule has 0 spiro atoms. The molecule has 0 bridgehead atoms. The summed E-state index contributed by atoms with van der Waals surface area (Å²) < 4.78 is 0. The fourth-order valence-corrected chi connectivity index (χ4v) is 2.64. The summed E-state index contributed by atoms with van der Waals surface area (Å²) in [4.78, 5) is 16.2. The van der Waals surface area contributed by atoms with Gasteiger partial charge in [0.15, 0.2) is 0 Å². The van der Waals surface area contributed by atoms with Gasteiger partial charge in [-0.25, -0.2) is 4.79 Å². The molecule has 88 valence electrons. The van der Waals surface area contributed by atoms with Crippen LogP contribution in [0.4, 0.5) is 0 Å². The van der Waals surface area contributed by atoms with Gasteiger partial charge in [-0.1, -0.05) is 13.8 Å². The van der Waals surface area contributed by atoms with Crippen LogP contribution >= 0.6 is 11.8 Å². The van der Waals surface area contributed by atoms with Crippen LogP contribution < -0.4 is 0 Å². The topological polar surface area (TPSA) is 50.2 Å². The quantitative estimate of drug-likeness (QED) is 0.819. The number of aromatic carboxylic acids is 1. The lowest BCUT2D eigenvalue weighted by atomic mass is 10.2. The maximum Gasteiger partial charge on any atom is 0.338 e. The number of carbonyl (C=O) groups is 1. The summed E-state index contributed by atoms with van der Waals surface area (Å²) >= 11 is 1.61. The van der Waals surface area contributed by atoms with E-state index < -0.39 is 5.97 Å². The predicted octanol–water partition coefficient (Wildman–Crippen LogP) is 3.29. The minimum Gasteiger partial charge on any atom is -0.478 e. The van der Waals surface area contributed by atoms with Crippen molar-refractivity contribution < 1.29 is 9.90 Å². The number of carboxylic acids is 1. The summed E-state index contributed by atoms with van der Waals surface area (Å²) in [5, 5.41) is 9.59. The van der Waals surface area contributed by atoms with Gasteiger partial charge in [-0.05, 0) is 26.3 Å². The van der Waals surface area contributed by atoms with Gasteiger partial charge < -0.3 is 5.11 Å². The Morgan fingerprint density at radius 2 is 2.19 bits per heavy atom. The largest absolute Gasteiger partial charge is 0.478 e.